The molecule has 2 unspecified atom stereocenters. The number of rotatable bonds is 33. The van der Waals surface area contributed by atoms with Crippen molar-refractivity contribution >= 4 is 0 Å². The zero-order valence-electron chi connectivity index (χ0n) is 34.0. The number of aromatic nitrogens is 2. The summed E-state index contributed by atoms with van der Waals surface area (Å²) in [5.74, 6) is 0. The predicted molar refractivity (Wildman–Crippen MR) is 224 cm³/mol. The molecule has 51 heavy (non-hydrogen) atoms. The lowest BCUT2D eigenvalue weighted by atomic mass is 9.70. The summed E-state index contributed by atoms with van der Waals surface area (Å²) in [5.41, 5.74) is 2.91. The van der Waals surface area contributed by atoms with Gasteiger partial charge in [-0.1, -0.05) is 229 Å². The molecule has 3 rings (SSSR count). The van der Waals surface area contributed by atoms with Crippen LogP contribution in [0.2, 0.25) is 0 Å². The first-order valence-electron chi connectivity index (χ1n) is 22.3. The Balaban J connectivity index is 1.49. The Hall–Kier alpha value is -2.35. The smallest absolute Gasteiger partial charge is 0.237 e. The van der Waals surface area contributed by atoms with Gasteiger partial charge in [0.25, 0.3) is 0 Å². The highest BCUT2D eigenvalue weighted by atomic mass is 15.1. The molecule has 0 spiro atoms. The van der Waals surface area contributed by atoms with Gasteiger partial charge in [0.2, 0.25) is 6.33 Å². The molecule has 0 N–H and O–H groups in total. The normalized spacial score (nSPS) is 13.4. The predicted octanol–water partition coefficient (Wildman–Crippen LogP) is 15.1. The highest BCUT2D eigenvalue weighted by Gasteiger charge is 2.40. The van der Waals surface area contributed by atoms with E-state index < -0.39 is 0 Å². The molecule has 0 radical (unpaired) electrons. The van der Waals surface area contributed by atoms with Crippen molar-refractivity contribution in [2.75, 3.05) is 0 Å². The second-order valence-electron chi connectivity index (χ2n) is 16.3. The van der Waals surface area contributed by atoms with E-state index in [4.69, 9.17) is 0 Å². The van der Waals surface area contributed by atoms with Crippen LogP contribution in [0.1, 0.15) is 211 Å². The molecule has 0 amide bonds. The Kier molecular flexibility index (Phi) is 23.8. The van der Waals surface area contributed by atoms with Crippen molar-refractivity contribution in [2.24, 2.45) is 0 Å². The molecule has 0 fully saturated rings. The van der Waals surface area contributed by atoms with Crippen molar-refractivity contribution in [3.8, 4) is 0 Å². The van der Waals surface area contributed by atoms with E-state index in [0.717, 1.165) is 13.0 Å². The van der Waals surface area contributed by atoms with Crippen LogP contribution >= 0.6 is 0 Å². The second kappa shape index (κ2) is 28.2. The van der Waals surface area contributed by atoms with Gasteiger partial charge in [-0.25, -0.2) is 9.13 Å². The summed E-state index contributed by atoms with van der Waals surface area (Å²) in [6.07, 6.45) is 46.1. The molecule has 0 aliphatic rings. The lowest BCUT2D eigenvalue weighted by Gasteiger charge is -2.37. The van der Waals surface area contributed by atoms with E-state index in [9.17, 15) is 0 Å². The van der Waals surface area contributed by atoms with E-state index in [1.54, 1.807) is 0 Å². The van der Waals surface area contributed by atoms with Crippen LogP contribution in [0.5, 0.6) is 0 Å². The fourth-order valence-electron chi connectivity index (χ4n) is 8.44. The molecule has 2 heteroatoms. The summed E-state index contributed by atoms with van der Waals surface area (Å²) in [7, 11) is 0. The molecule has 1 aromatic heterocycles. The molecule has 2 nitrogen and oxygen atoms in total. The molecule has 0 saturated heterocycles. The minimum Gasteiger partial charge on any atom is -0.237 e. The molecule has 0 aliphatic heterocycles. The lowest BCUT2D eigenvalue weighted by Crippen LogP contribution is -2.38. The van der Waals surface area contributed by atoms with Crippen LogP contribution < -0.4 is 4.57 Å². The first-order valence-corrected chi connectivity index (χ1v) is 22.3. The largest absolute Gasteiger partial charge is 0.244 e. The van der Waals surface area contributed by atoms with Crippen LogP contribution in [-0.2, 0) is 18.4 Å². The van der Waals surface area contributed by atoms with E-state index in [1.165, 1.54) is 184 Å². The Morgan fingerprint density at radius 3 is 1.39 bits per heavy atom. The number of hydrogen-bond acceptors (Lipinski definition) is 0. The number of benzene rings is 2. The van der Waals surface area contributed by atoms with Gasteiger partial charge < -0.3 is 0 Å². The molecule has 3 aromatic rings. The summed E-state index contributed by atoms with van der Waals surface area (Å²) in [6.45, 7) is 8.29. The van der Waals surface area contributed by atoms with Gasteiger partial charge in [-0.3, -0.25) is 0 Å². The average Bonchev–Trinajstić information content (AvgIpc) is 3.62. The second-order valence-corrected chi connectivity index (χ2v) is 16.3. The molecular weight excluding hydrogens is 617 g/mol. The van der Waals surface area contributed by atoms with Gasteiger partial charge in [-0.2, -0.15) is 0 Å². The minimum absolute atomic E-state index is 0.00605. The molecule has 0 aliphatic carbocycles. The van der Waals surface area contributed by atoms with Crippen LogP contribution in [0, 0.1) is 0 Å². The molecule has 2 aromatic carbocycles. The zero-order valence-corrected chi connectivity index (χ0v) is 34.0. The highest BCUT2D eigenvalue weighted by Crippen LogP contribution is 2.41. The first kappa shape index (κ1) is 43.1. The van der Waals surface area contributed by atoms with Crippen molar-refractivity contribution in [1.82, 2.24) is 4.57 Å². The number of hydrogen-bond donors (Lipinski definition) is 0. The van der Waals surface area contributed by atoms with Gasteiger partial charge in [0, 0.05) is 5.41 Å². The maximum absolute atomic E-state index is 2.59. The minimum atomic E-state index is 0.00605. The Morgan fingerprint density at radius 2 is 0.922 bits per heavy atom. The summed E-state index contributed by atoms with van der Waals surface area (Å²) < 4.78 is 5.07. The maximum atomic E-state index is 2.59. The van der Waals surface area contributed by atoms with Crippen LogP contribution in [0.15, 0.2) is 79.4 Å². The topological polar surface area (TPSA) is 8.81 Å². The van der Waals surface area contributed by atoms with Crippen LogP contribution in [0.3, 0.4) is 0 Å². The van der Waals surface area contributed by atoms with Crippen LogP contribution in [0.25, 0.3) is 0 Å². The Labute approximate surface area is 317 Å². The van der Waals surface area contributed by atoms with E-state index in [-0.39, 0.29) is 5.41 Å². The van der Waals surface area contributed by atoms with Gasteiger partial charge in [0.15, 0.2) is 0 Å². The van der Waals surface area contributed by atoms with Crippen molar-refractivity contribution in [2.45, 2.75) is 219 Å². The SMILES string of the molecule is CCCCCCCCCCCCCCCCCCC(n1cc[n+](CCCCCCCCCCCC)c1)C(C)(Cc1ccccc1)c1ccccc1. The van der Waals surface area contributed by atoms with Crippen LogP contribution in [0.4, 0.5) is 0 Å². The van der Waals surface area contributed by atoms with Gasteiger partial charge >= 0.3 is 0 Å². The van der Waals surface area contributed by atoms with Crippen molar-refractivity contribution < 1.29 is 4.57 Å². The van der Waals surface area contributed by atoms with Crippen LogP contribution in [-0.4, -0.2) is 4.57 Å². The third-order valence-electron chi connectivity index (χ3n) is 11.8. The molecule has 286 valence electrons. The van der Waals surface area contributed by atoms with E-state index in [1.807, 2.05) is 0 Å². The summed E-state index contributed by atoms with van der Waals surface area (Å²) in [6, 6.07) is 23.1. The molecule has 0 saturated carbocycles. The Morgan fingerprint density at radius 1 is 0.510 bits per heavy atom. The van der Waals surface area contributed by atoms with E-state index in [2.05, 4.69) is 109 Å². The number of nitrogens with zero attached hydrogens (tertiary/aromatic N) is 2. The van der Waals surface area contributed by atoms with E-state index >= 15 is 0 Å². The summed E-state index contributed by atoms with van der Waals surface area (Å²) >= 11 is 0. The van der Waals surface area contributed by atoms with Crippen molar-refractivity contribution in [1.29, 1.82) is 0 Å². The fourth-order valence-corrected chi connectivity index (χ4v) is 8.44. The van der Waals surface area contributed by atoms with Crippen molar-refractivity contribution in [3.05, 3.63) is 90.5 Å². The maximum Gasteiger partial charge on any atom is 0.244 e. The first-order chi connectivity index (χ1) is 25.2. The van der Waals surface area contributed by atoms with Crippen molar-refractivity contribution in [3.63, 3.8) is 0 Å². The van der Waals surface area contributed by atoms with Gasteiger partial charge in [0.05, 0.1) is 6.54 Å². The quantitative estimate of drug-likeness (QED) is 0.0442. The van der Waals surface area contributed by atoms with Gasteiger partial charge in [-0.05, 0) is 43.2 Å². The third kappa shape index (κ3) is 18.3. The summed E-state index contributed by atoms with van der Waals surface area (Å²) in [5, 5.41) is 0. The lowest BCUT2D eigenvalue weighted by molar-refractivity contribution is -0.697. The van der Waals surface area contributed by atoms with E-state index in [0.29, 0.717) is 6.04 Å². The Bertz CT molecular complexity index is 1180. The standard InChI is InChI=1S/C49H81N2/c1-4-6-8-10-12-14-16-17-18-19-20-21-22-24-26-34-40-48(49(3,47-38-32-29-33-39-47)44-46-36-30-28-31-37-46)51-43-42-50(45-51)41-35-27-25-23-15-13-11-9-7-5-2/h28-33,36-39,42-43,45,48H,4-27,34-35,40-41,44H2,1-3H3/q+1. The van der Waals surface area contributed by atoms with Gasteiger partial charge in [-0.15, -0.1) is 0 Å². The molecule has 2 atom stereocenters. The molecule has 0 bridgehead atoms. The molecular formula is C49H81N2+. The summed E-state index contributed by atoms with van der Waals surface area (Å²) in [4.78, 5) is 0. The number of unbranched alkanes of at least 4 members (excludes halogenated alkanes) is 24. The third-order valence-corrected chi connectivity index (χ3v) is 11.8. The highest BCUT2D eigenvalue weighted by molar-refractivity contribution is 5.30. The zero-order chi connectivity index (χ0) is 36.1. The number of imidazole rings is 1. The average molecular weight is 698 g/mol. The fraction of sp³-hybridized carbons (Fsp3) is 0.694. The number of aryl methyl sites for hydroxylation is 1. The monoisotopic (exact) mass is 698 g/mol. The molecule has 1 heterocycles. The van der Waals surface area contributed by atoms with Gasteiger partial charge in [0.1, 0.15) is 18.4 Å².